The predicted molar refractivity (Wildman–Crippen MR) is 131 cm³/mol. The molecule has 0 radical (unpaired) electrons. The molecule has 2 aromatic carbocycles. The Kier molecular flexibility index (Phi) is 5.86. The lowest BCUT2D eigenvalue weighted by Gasteiger charge is -2.37. The molecule has 0 spiro atoms. The van der Waals surface area contributed by atoms with Gasteiger partial charge in [-0.25, -0.2) is 0 Å². The van der Waals surface area contributed by atoms with Gasteiger partial charge in [-0.3, -0.25) is 4.79 Å². The van der Waals surface area contributed by atoms with Gasteiger partial charge in [-0.2, -0.15) is 11.3 Å². The van der Waals surface area contributed by atoms with Crippen LogP contribution in [0.4, 0.5) is 5.69 Å². The number of carbonyl (C=O) groups excluding carboxylic acids is 1. The Labute approximate surface area is 192 Å². The molecule has 5 rings (SSSR count). The molecule has 0 aliphatic carbocycles. The third-order valence-electron chi connectivity index (χ3n) is 6.38. The molecule has 1 saturated heterocycles. The molecule has 1 aliphatic rings. The summed E-state index contributed by atoms with van der Waals surface area (Å²) in [5.41, 5.74) is 4.61. The number of nitrogens with one attached hydrogen (secondary N) is 1. The molecule has 5 nitrogen and oxygen atoms in total. The topological polar surface area (TPSA) is 48.6 Å². The lowest BCUT2D eigenvalue weighted by atomic mass is 9.89. The van der Waals surface area contributed by atoms with Crippen LogP contribution >= 0.6 is 11.3 Å². The maximum absolute atomic E-state index is 13.4. The van der Waals surface area contributed by atoms with Crippen LogP contribution in [-0.2, 0) is 4.79 Å². The first-order valence-corrected chi connectivity index (χ1v) is 11.9. The van der Waals surface area contributed by atoms with Gasteiger partial charge >= 0.3 is 0 Å². The first-order valence-electron chi connectivity index (χ1n) is 11.0. The summed E-state index contributed by atoms with van der Waals surface area (Å²) in [6.45, 7) is 3.06. The van der Waals surface area contributed by atoms with Crippen LogP contribution in [0.1, 0.15) is 23.5 Å². The van der Waals surface area contributed by atoms with Gasteiger partial charge in [-0.05, 0) is 46.2 Å². The fraction of sp³-hybridized carbons (Fsp3) is 0.269. The summed E-state index contributed by atoms with van der Waals surface area (Å²) < 4.78 is 5.52. The fourth-order valence-electron chi connectivity index (χ4n) is 4.65. The molecule has 1 atom stereocenters. The summed E-state index contributed by atoms with van der Waals surface area (Å²) in [4.78, 5) is 21.1. The maximum atomic E-state index is 13.4. The van der Waals surface area contributed by atoms with Crippen LogP contribution in [0.5, 0.6) is 5.75 Å². The number of nitrogens with zero attached hydrogens (tertiary/aromatic N) is 2. The Hall–Kier alpha value is -3.25. The number of hydrogen-bond donors (Lipinski definition) is 1. The van der Waals surface area contributed by atoms with E-state index >= 15 is 0 Å². The summed E-state index contributed by atoms with van der Waals surface area (Å²) in [6.07, 6.45) is 2.55. The van der Waals surface area contributed by atoms with Crippen LogP contribution in [0.2, 0.25) is 0 Å². The van der Waals surface area contributed by atoms with Gasteiger partial charge in [0.05, 0.1) is 12.8 Å². The van der Waals surface area contributed by atoms with Gasteiger partial charge in [0.25, 0.3) is 0 Å². The van der Waals surface area contributed by atoms with Crippen LogP contribution < -0.4 is 9.64 Å². The smallest absolute Gasteiger partial charge is 0.223 e. The predicted octanol–water partition coefficient (Wildman–Crippen LogP) is 5.11. The second-order valence-corrected chi connectivity index (χ2v) is 8.92. The Bertz CT molecular complexity index is 1190. The van der Waals surface area contributed by atoms with E-state index in [1.54, 1.807) is 18.4 Å². The van der Waals surface area contributed by atoms with Gasteiger partial charge in [-0.1, -0.05) is 30.3 Å². The van der Waals surface area contributed by atoms with Crippen molar-refractivity contribution in [2.75, 3.05) is 38.2 Å². The van der Waals surface area contributed by atoms with Crippen molar-refractivity contribution >= 4 is 33.8 Å². The zero-order valence-electron chi connectivity index (χ0n) is 18.2. The summed E-state index contributed by atoms with van der Waals surface area (Å²) in [6, 6.07) is 18.5. The van der Waals surface area contributed by atoms with E-state index in [-0.39, 0.29) is 11.8 Å². The number of aromatic nitrogens is 1. The number of carbonyl (C=O) groups is 1. The number of rotatable bonds is 6. The molecule has 4 aromatic rings. The van der Waals surface area contributed by atoms with Gasteiger partial charge < -0.3 is 19.5 Å². The first-order chi connectivity index (χ1) is 15.7. The molecule has 0 saturated carbocycles. The second kappa shape index (κ2) is 9.09. The van der Waals surface area contributed by atoms with Crippen LogP contribution in [0.15, 0.2) is 71.6 Å². The second-order valence-electron chi connectivity index (χ2n) is 8.14. The molecule has 1 N–H and O–H groups in total. The molecule has 6 heteroatoms. The average Bonchev–Trinajstić information content (AvgIpc) is 3.53. The summed E-state index contributed by atoms with van der Waals surface area (Å²) in [7, 11) is 1.70. The zero-order chi connectivity index (χ0) is 21.9. The molecule has 1 amide bonds. The minimum absolute atomic E-state index is 0.0529. The number of thiophene rings is 1. The molecular weight excluding hydrogens is 418 g/mol. The van der Waals surface area contributed by atoms with Crippen molar-refractivity contribution in [2.45, 2.75) is 12.3 Å². The molecular formula is C26H27N3O2S. The molecule has 1 fully saturated rings. The largest absolute Gasteiger partial charge is 0.495 e. The standard InChI is InChI=1S/C26H27N3O2S/c1-31-25-9-5-4-8-24(25)28-11-13-29(14-12-28)26(30)16-21(19-10-15-32-18-19)22-17-27-23-7-3-2-6-20(22)23/h2-10,15,17-18,21,27H,11-14,16H2,1H3. The fourth-order valence-corrected chi connectivity index (χ4v) is 5.37. The first kappa shape index (κ1) is 20.6. The van der Waals surface area contributed by atoms with Gasteiger partial charge in [0.15, 0.2) is 0 Å². The van der Waals surface area contributed by atoms with Gasteiger partial charge in [0.2, 0.25) is 5.91 Å². The molecule has 1 unspecified atom stereocenters. The maximum Gasteiger partial charge on any atom is 0.223 e. The minimum atomic E-state index is 0.0529. The van der Waals surface area contributed by atoms with Crippen molar-refractivity contribution in [1.82, 2.24) is 9.88 Å². The highest BCUT2D eigenvalue weighted by molar-refractivity contribution is 7.08. The Morgan fingerprint density at radius 1 is 1.06 bits per heavy atom. The van der Waals surface area contributed by atoms with Crippen molar-refractivity contribution in [3.05, 3.63) is 82.7 Å². The third kappa shape index (κ3) is 3.98. The average molecular weight is 446 g/mol. The van der Waals surface area contributed by atoms with Gasteiger partial charge in [0, 0.05) is 55.6 Å². The number of anilines is 1. The Morgan fingerprint density at radius 3 is 2.62 bits per heavy atom. The van der Waals surface area contributed by atoms with E-state index in [0.717, 1.165) is 43.1 Å². The van der Waals surface area contributed by atoms with Crippen molar-refractivity contribution in [3.63, 3.8) is 0 Å². The number of ether oxygens (including phenoxy) is 1. The van der Waals surface area contributed by atoms with E-state index in [1.165, 1.54) is 16.5 Å². The van der Waals surface area contributed by atoms with E-state index in [1.807, 2.05) is 29.2 Å². The number of piperazine rings is 1. The quantitative estimate of drug-likeness (QED) is 0.449. The minimum Gasteiger partial charge on any atom is -0.495 e. The summed E-state index contributed by atoms with van der Waals surface area (Å²) in [5, 5.41) is 5.45. The molecule has 32 heavy (non-hydrogen) atoms. The van der Waals surface area contributed by atoms with Crippen molar-refractivity contribution in [1.29, 1.82) is 0 Å². The van der Waals surface area contributed by atoms with Crippen molar-refractivity contribution in [3.8, 4) is 5.75 Å². The zero-order valence-corrected chi connectivity index (χ0v) is 19.0. The number of benzene rings is 2. The SMILES string of the molecule is COc1ccccc1N1CCN(C(=O)CC(c2ccsc2)c2c[nH]c3ccccc23)CC1. The number of aromatic amines is 1. The van der Waals surface area contributed by atoms with Crippen LogP contribution in [0.3, 0.4) is 0 Å². The van der Waals surface area contributed by atoms with Crippen molar-refractivity contribution < 1.29 is 9.53 Å². The molecule has 2 aromatic heterocycles. The lowest BCUT2D eigenvalue weighted by Crippen LogP contribution is -2.49. The summed E-state index contributed by atoms with van der Waals surface area (Å²) in [5.74, 6) is 1.15. The number of amides is 1. The van der Waals surface area contributed by atoms with Gasteiger partial charge in [-0.15, -0.1) is 0 Å². The number of fused-ring (bicyclic) bond motifs is 1. The normalized spacial score (nSPS) is 15.2. The monoisotopic (exact) mass is 445 g/mol. The number of para-hydroxylation sites is 3. The Morgan fingerprint density at radius 2 is 1.84 bits per heavy atom. The van der Waals surface area contributed by atoms with E-state index in [0.29, 0.717) is 6.42 Å². The third-order valence-corrected chi connectivity index (χ3v) is 7.08. The van der Waals surface area contributed by atoms with E-state index in [9.17, 15) is 4.79 Å². The number of methoxy groups -OCH3 is 1. The van der Waals surface area contributed by atoms with E-state index in [4.69, 9.17) is 4.74 Å². The molecule has 164 valence electrons. The van der Waals surface area contributed by atoms with E-state index < -0.39 is 0 Å². The highest BCUT2D eigenvalue weighted by Crippen LogP contribution is 2.35. The molecule has 0 bridgehead atoms. The van der Waals surface area contributed by atoms with Crippen molar-refractivity contribution in [2.24, 2.45) is 0 Å². The lowest BCUT2D eigenvalue weighted by molar-refractivity contribution is -0.131. The summed E-state index contributed by atoms with van der Waals surface area (Å²) >= 11 is 1.68. The van der Waals surface area contributed by atoms with Crippen LogP contribution in [-0.4, -0.2) is 49.1 Å². The highest BCUT2D eigenvalue weighted by atomic mass is 32.1. The number of H-pyrrole nitrogens is 1. The van der Waals surface area contributed by atoms with E-state index in [2.05, 4.69) is 57.2 Å². The molecule has 1 aliphatic heterocycles. The Balaban J connectivity index is 1.32. The van der Waals surface area contributed by atoms with Gasteiger partial charge in [0.1, 0.15) is 5.75 Å². The van der Waals surface area contributed by atoms with Crippen LogP contribution in [0.25, 0.3) is 10.9 Å². The number of hydrogen-bond acceptors (Lipinski definition) is 4. The molecule has 3 heterocycles. The highest BCUT2D eigenvalue weighted by Gasteiger charge is 2.27. The van der Waals surface area contributed by atoms with Crippen LogP contribution in [0, 0.1) is 0 Å².